The van der Waals surface area contributed by atoms with Crippen LogP contribution in [0.5, 0.6) is 11.5 Å². The van der Waals surface area contributed by atoms with Gasteiger partial charge in [0.25, 0.3) is 0 Å². The molecular weight excluding hydrogens is 244 g/mol. The van der Waals surface area contributed by atoms with Crippen molar-refractivity contribution < 1.29 is 14.3 Å². The number of benzene rings is 1. The molecule has 0 heterocycles. The van der Waals surface area contributed by atoms with E-state index in [0.29, 0.717) is 28.8 Å². The van der Waals surface area contributed by atoms with Gasteiger partial charge in [0.05, 0.1) is 24.9 Å². The molecule has 17 heavy (non-hydrogen) atoms. The van der Waals surface area contributed by atoms with E-state index in [9.17, 15) is 4.79 Å². The van der Waals surface area contributed by atoms with Crippen molar-refractivity contribution >= 4 is 23.2 Å². The summed E-state index contributed by atoms with van der Waals surface area (Å²) in [5.41, 5.74) is 5.76. The fraction of sp³-hybridized carbons (Fsp3) is 0.364. The number of anilines is 1. The molecule has 0 saturated carbocycles. The number of ether oxygens (including phenoxy) is 2. The van der Waals surface area contributed by atoms with E-state index in [1.54, 1.807) is 12.1 Å². The zero-order chi connectivity index (χ0) is 12.8. The SMILES string of the molecule is COc1cc(NCCC(N)=O)c(OC)cc1Cl. The van der Waals surface area contributed by atoms with E-state index in [1.165, 1.54) is 14.2 Å². The molecule has 0 spiro atoms. The first-order valence-electron chi connectivity index (χ1n) is 5.02. The van der Waals surface area contributed by atoms with Crippen LogP contribution in [-0.2, 0) is 4.79 Å². The molecule has 1 amide bonds. The molecule has 5 nitrogen and oxygen atoms in total. The molecule has 3 N–H and O–H groups in total. The van der Waals surface area contributed by atoms with Gasteiger partial charge >= 0.3 is 0 Å². The summed E-state index contributed by atoms with van der Waals surface area (Å²) in [6, 6.07) is 3.36. The van der Waals surface area contributed by atoms with Crippen molar-refractivity contribution in [3.63, 3.8) is 0 Å². The normalized spacial score (nSPS) is 9.82. The van der Waals surface area contributed by atoms with Crippen LogP contribution in [0.15, 0.2) is 12.1 Å². The smallest absolute Gasteiger partial charge is 0.219 e. The van der Waals surface area contributed by atoms with E-state index in [2.05, 4.69) is 5.32 Å². The number of carbonyl (C=O) groups excluding carboxylic acids is 1. The largest absolute Gasteiger partial charge is 0.495 e. The van der Waals surface area contributed by atoms with Crippen LogP contribution in [0.25, 0.3) is 0 Å². The van der Waals surface area contributed by atoms with Crippen molar-refractivity contribution in [2.75, 3.05) is 26.1 Å². The van der Waals surface area contributed by atoms with Gasteiger partial charge in [0.2, 0.25) is 5.91 Å². The van der Waals surface area contributed by atoms with E-state index in [1.807, 2.05) is 0 Å². The van der Waals surface area contributed by atoms with E-state index in [4.69, 9.17) is 26.8 Å². The molecule has 6 heteroatoms. The molecule has 0 aliphatic heterocycles. The predicted molar refractivity (Wildman–Crippen MR) is 66.9 cm³/mol. The van der Waals surface area contributed by atoms with Crippen molar-refractivity contribution in [3.8, 4) is 11.5 Å². The average Bonchev–Trinajstić information content (AvgIpc) is 2.30. The summed E-state index contributed by atoms with van der Waals surface area (Å²) in [4.78, 5) is 10.6. The van der Waals surface area contributed by atoms with E-state index < -0.39 is 0 Å². The molecule has 0 saturated heterocycles. The van der Waals surface area contributed by atoms with Gasteiger partial charge in [-0.05, 0) is 0 Å². The number of hydrogen-bond acceptors (Lipinski definition) is 4. The zero-order valence-electron chi connectivity index (χ0n) is 9.75. The summed E-state index contributed by atoms with van der Waals surface area (Å²) < 4.78 is 10.3. The van der Waals surface area contributed by atoms with Crippen molar-refractivity contribution in [1.29, 1.82) is 0 Å². The number of hydrogen-bond donors (Lipinski definition) is 2. The Morgan fingerprint density at radius 3 is 2.53 bits per heavy atom. The lowest BCUT2D eigenvalue weighted by atomic mass is 10.2. The molecule has 0 fully saturated rings. The Kier molecular flexibility index (Phi) is 4.90. The number of nitrogens with two attached hydrogens (primary N) is 1. The Hall–Kier alpha value is -1.62. The van der Waals surface area contributed by atoms with E-state index in [0.717, 1.165) is 0 Å². The van der Waals surface area contributed by atoms with Crippen LogP contribution >= 0.6 is 11.6 Å². The van der Waals surface area contributed by atoms with Crippen LogP contribution in [0.4, 0.5) is 5.69 Å². The second-order valence-electron chi connectivity index (χ2n) is 3.33. The highest BCUT2D eigenvalue weighted by atomic mass is 35.5. The molecule has 1 rings (SSSR count). The summed E-state index contributed by atoms with van der Waals surface area (Å²) in [5.74, 6) is 0.756. The maximum atomic E-state index is 10.6. The third-order valence-electron chi connectivity index (χ3n) is 2.16. The van der Waals surface area contributed by atoms with Crippen molar-refractivity contribution in [3.05, 3.63) is 17.2 Å². The number of carbonyl (C=O) groups is 1. The fourth-order valence-electron chi connectivity index (χ4n) is 1.32. The highest BCUT2D eigenvalue weighted by molar-refractivity contribution is 6.32. The summed E-state index contributed by atoms with van der Waals surface area (Å²) in [5, 5.41) is 3.50. The van der Waals surface area contributed by atoms with Crippen LogP contribution < -0.4 is 20.5 Å². The van der Waals surface area contributed by atoms with Gasteiger partial charge in [-0.3, -0.25) is 4.79 Å². The highest BCUT2D eigenvalue weighted by Gasteiger charge is 2.09. The lowest BCUT2D eigenvalue weighted by Gasteiger charge is -2.13. The van der Waals surface area contributed by atoms with Crippen LogP contribution in [0.3, 0.4) is 0 Å². The minimum absolute atomic E-state index is 0.244. The first-order valence-corrected chi connectivity index (χ1v) is 5.40. The van der Waals surface area contributed by atoms with Gasteiger partial charge in [0.15, 0.2) is 0 Å². The van der Waals surface area contributed by atoms with Gasteiger partial charge in [-0.25, -0.2) is 0 Å². The molecule has 0 atom stereocenters. The van der Waals surface area contributed by atoms with Gasteiger partial charge < -0.3 is 20.5 Å². The van der Waals surface area contributed by atoms with Gasteiger partial charge in [-0.2, -0.15) is 0 Å². The lowest BCUT2D eigenvalue weighted by molar-refractivity contribution is -0.117. The van der Waals surface area contributed by atoms with Crippen LogP contribution in [0, 0.1) is 0 Å². The molecule has 94 valence electrons. The van der Waals surface area contributed by atoms with E-state index >= 15 is 0 Å². The average molecular weight is 259 g/mol. The topological polar surface area (TPSA) is 73.6 Å². The molecule has 0 aliphatic carbocycles. The molecule has 0 aliphatic rings. The fourth-order valence-corrected chi connectivity index (χ4v) is 1.55. The number of nitrogens with one attached hydrogen (secondary N) is 1. The summed E-state index contributed by atoms with van der Waals surface area (Å²) in [7, 11) is 3.07. The maximum absolute atomic E-state index is 10.6. The van der Waals surface area contributed by atoms with Crippen molar-refractivity contribution in [2.24, 2.45) is 5.73 Å². The molecule has 0 bridgehead atoms. The Morgan fingerprint density at radius 1 is 1.35 bits per heavy atom. The van der Waals surface area contributed by atoms with Crippen LogP contribution in [0.1, 0.15) is 6.42 Å². The molecule has 0 unspecified atom stereocenters. The number of primary amides is 1. The van der Waals surface area contributed by atoms with Crippen LogP contribution in [0.2, 0.25) is 5.02 Å². The summed E-state index contributed by atoms with van der Waals surface area (Å²) >= 11 is 5.96. The van der Waals surface area contributed by atoms with Crippen molar-refractivity contribution in [1.82, 2.24) is 0 Å². The van der Waals surface area contributed by atoms with Crippen LogP contribution in [-0.4, -0.2) is 26.7 Å². The summed E-state index contributed by atoms with van der Waals surface area (Å²) in [6.45, 7) is 0.427. The molecular formula is C11H15ClN2O3. The first-order chi connectivity index (χ1) is 8.08. The standard InChI is InChI=1S/C11H15ClN2O3/c1-16-9-6-8(14-4-3-11(13)15)10(17-2)5-7(9)12/h5-6,14H,3-4H2,1-2H3,(H2,13,15). The quantitative estimate of drug-likeness (QED) is 0.814. The second kappa shape index (κ2) is 6.20. The second-order valence-corrected chi connectivity index (χ2v) is 3.74. The van der Waals surface area contributed by atoms with Gasteiger partial charge in [0, 0.05) is 25.1 Å². The molecule has 0 radical (unpaired) electrons. The minimum Gasteiger partial charge on any atom is -0.495 e. The number of amides is 1. The minimum atomic E-state index is -0.364. The lowest BCUT2D eigenvalue weighted by Crippen LogP contribution is -2.16. The maximum Gasteiger partial charge on any atom is 0.219 e. The highest BCUT2D eigenvalue weighted by Crippen LogP contribution is 2.35. The Bertz CT molecular complexity index is 410. The Morgan fingerprint density at radius 2 is 2.00 bits per heavy atom. The predicted octanol–water partition coefficient (Wildman–Crippen LogP) is 1.64. The number of halogens is 1. The third kappa shape index (κ3) is 3.71. The zero-order valence-corrected chi connectivity index (χ0v) is 10.5. The number of methoxy groups -OCH3 is 2. The summed E-state index contributed by atoms with van der Waals surface area (Å²) in [6.07, 6.45) is 0.244. The van der Waals surface area contributed by atoms with Crippen molar-refractivity contribution in [2.45, 2.75) is 6.42 Å². The Labute approximate surface area is 105 Å². The van der Waals surface area contributed by atoms with Gasteiger partial charge in [0.1, 0.15) is 11.5 Å². The van der Waals surface area contributed by atoms with Gasteiger partial charge in [-0.1, -0.05) is 11.6 Å². The molecule has 1 aromatic carbocycles. The van der Waals surface area contributed by atoms with E-state index in [-0.39, 0.29) is 12.3 Å². The molecule has 0 aromatic heterocycles. The van der Waals surface area contributed by atoms with Gasteiger partial charge in [-0.15, -0.1) is 0 Å². The monoisotopic (exact) mass is 258 g/mol. The Balaban J connectivity index is 2.84. The molecule has 1 aromatic rings. The third-order valence-corrected chi connectivity index (χ3v) is 2.46. The number of rotatable bonds is 6. The first kappa shape index (κ1) is 13.4.